The standard InChI is InChI=1S/2Al.3Ni.3Pt/q2*-3;3*+2;;;. The molecule has 8 heavy (non-hydrogen) atoms. The maximum absolute atomic E-state index is 0. The Kier molecular flexibility index (Phi) is 615. The van der Waals surface area contributed by atoms with E-state index >= 15 is 0 Å². The summed E-state index contributed by atoms with van der Waals surface area (Å²) in [6.45, 7) is 0. The van der Waals surface area contributed by atoms with Gasteiger partial charge in [-0.15, -0.1) is 0 Å². The van der Waals surface area contributed by atoms with Gasteiger partial charge in [-0.25, -0.2) is 0 Å². The zero-order valence-corrected chi connectivity index (χ0v) is 15.1. The summed E-state index contributed by atoms with van der Waals surface area (Å²) < 4.78 is 0. The van der Waals surface area contributed by atoms with E-state index in [1.807, 2.05) is 0 Å². The molecule has 0 unspecified atom stereocenters. The molecular weight excluding hydrogens is 815 g/mol. The SMILES string of the molecule is [Al-3].[Al-3].[Ni+2].[Ni+2].[Ni+2].[Pt].[Pt].[Pt]. The molecule has 0 rings (SSSR count). The molecule has 0 aromatic rings. The summed E-state index contributed by atoms with van der Waals surface area (Å²) >= 11 is 0. The fourth-order valence-corrected chi connectivity index (χ4v) is 0. The van der Waals surface area contributed by atoms with E-state index < -0.39 is 0 Å². The van der Waals surface area contributed by atoms with Crippen LogP contribution in [0.4, 0.5) is 0 Å². The van der Waals surface area contributed by atoms with Crippen LogP contribution in [0.25, 0.3) is 0 Å². The second-order valence-corrected chi connectivity index (χ2v) is 0. The predicted octanol–water partition coefficient (Wildman–Crippen LogP) is -0.777. The zero-order chi connectivity index (χ0) is 0. The minimum atomic E-state index is 0. The van der Waals surface area contributed by atoms with Crippen molar-refractivity contribution in [2.75, 3.05) is 0 Å². The third kappa shape index (κ3) is 46.1. The van der Waals surface area contributed by atoms with Crippen LogP contribution in [-0.2, 0) is 113 Å². The number of rotatable bonds is 0. The van der Waals surface area contributed by atoms with E-state index in [-0.39, 0.29) is 147 Å². The van der Waals surface area contributed by atoms with Crippen LogP contribution in [0, 0.1) is 0 Å². The van der Waals surface area contributed by atoms with E-state index in [1.165, 1.54) is 0 Å². The molecule has 4 radical (unpaired) electrons. The Morgan fingerprint density at radius 1 is 0.375 bits per heavy atom. The molecule has 0 N–H and O–H groups in total. The molecule has 0 spiro atoms. The first-order chi connectivity index (χ1) is 0. The molecule has 0 aliphatic heterocycles. The maximum atomic E-state index is 0. The topological polar surface area (TPSA) is 0 Å². The van der Waals surface area contributed by atoms with Crippen molar-refractivity contribution in [1.82, 2.24) is 0 Å². The molecule has 8 heteroatoms. The van der Waals surface area contributed by atoms with Crippen molar-refractivity contribution >= 4 is 34.7 Å². The molecule has 0 saturated carbocycles. The van der Waals surface area contributed by atoms with Gasteiger partial charge in [0.1, 0.15) is 0 Å². The van der Waals surface area contributed by atoms with Crippen molar-refractivity contribution in [3.05, 3.63) is 0 Å². The first-order valence-electron chi connectivity index (χ1n) is 0. The molecule has 0 saturated heterocycles. The number of hydrogen-bond acceptors (Lipinski definition) is 0. The van der Waals surface area contributed by atoms with Crippen LogP contribution in [0.3, 0.4) is 0 Å². The minimum absolute atomic E-state index is 0. The summed E-state index contributed by atoms with van der Waals surface area (Å²) in [5, 5.41) is 0. The van der Waals surface area contributed by atoms with Crippen LogP contribution in [0.1, 0.15) is 0 Å². The Labute approximate surface area is 144 Å². The summed E-state index contributed by atoms with van der Waals surface area (Å²) in [5.41, 5.74) is 0. The molecule has 0 aliphatic rings. The molecule has 0 aliphatic carbocycles. The summed E-state index contributed by atoms with van der Waals surface area (Å²) in [6.07, 6.45) is 0. The van der Waals surface area contributed by atoms with Crippen molar-refractivity contribution in [2.24, 2.45) is 0 Å². The normalized spacial score (nSPS) is 0. The smallest absolute Gasteiger partial charge is 2.00 e. The van der Waals surface area contributed by atoms with Gasteiger partial charge in [0.2, 0.25) is 0 Å². The van der Waals surface area contributed by atoms with Gasteiger partial charge in [0.25, 0.3) is 0 Å². The maximum Gasteiger partial charge on any atom is 2.00 e. The third-order valence-corrected chi connectivity index (χ3v) is 0. The van der Waals surface area contributed by atoms with Crippen LogP contribution in [0.2, 0.25) is 0 Å². The minimum Gasteiger partial charge on any atom is -3.00 e. The van der Waals surface area contributed by atoms with E-state index in [9.17, 15) is 0 Å². The van der Waals surface area contributed by atoms with Crippen molar-refractivity contribution in [2.45, 2.75) is 0 Å². The molecule has 66 valence electrons. The molecular formula is Al2Ni3Pt3. The van der Waals surface area contributed by atoms with Gasteiger partial charge in [-0.1, -0.05) is 0 Å². The van der Waals surface area contributed by atoms with Gasteiger partial charge in [-0.2, -0.15) is 0 Å². The van der Waals surface area contributed by atoms with Crippen LogP contribution in [-0.4, -0.2) is 34.7 Å². The quantitative estimate of drug-likeness (QED) is 0.282. The molecule has 0 atom stereocenters. The monoisotopic (exact) mass is 813 g/mol. The van der Waals surface area contributed by atoms with E-state index in [2.05, 4.69) is 0 Å². The molecule has 0 amide bonds. The largest absolute Gasteiger partial charge is 3.00 e. The molecule has 0 aromatic carbocycles. The van der Waals surface area contributed by atoms with E-state index in [4.69, 9.17) is 0 Å². The second kappa shape index (κ2) is 61.5. The average Bonchev–Trinajstić information content (AvgIpc) is 0. The Morgan fingerprint density at radius 3 is 0.375 bits per heavy atom. The molecule has 0 nitrogen and oxygen atoms in total. The summed E-state index contributed by atoms with van der Waals surface area (Å²) in [6, 6.07) is 0. The van der Waals surface area contributed by atoms with Crippen molar-refractivity contribution in [3.8, 4) is 0 Å². The summed E-state index contributed by atoms with van der Waals surface area (Å²) in [5.74, 6) is 0. The van der Waals surface area contributed by atoms with Crippen LogP contribution in [0.15, 0.2) is 0 Å². The molecule has 0 aromatic heterocycles. The zero-order valence-electron chi connectivity index (χ0n) is 3.05. The summed E-state index contributed by atoms with van der Waals surface area (Å²) in [7, 11) is 0. The van der Waals surface area contributed by atoms with Crippen molar-refractivity contribution in [3.63, 3.8) is 0 Å². The Hall–Kier alpha value is 4.61. The van der Waals surface area contributed by atoms with E-state index in [1.54, 1.807) is 0 Å². The van der Waals surface area contributed by atoms with Gasteiger partial charge in [-0.3, -0.25) is 0 Å². The Balaban J connectivity index is 0. The summed E-state index contributed by atoms with van der Waals surface area (Å²) in [4.78, 5) is 0. The fourth-order valence-electron chi connectivity index (χ4n) is 0. The van der Waals surface area contributed by atoms with Crippen LogP contribution >= 0.6 is 0 Å². The second-order valence-electron chi connectivity index (χ2n) is 0. The van der Waals surface area contributed by atoms with Gasteiger partial charge < -0.3 is 34.7 Å². The van der Waals surface area contributed by atoms with Crippen LogP contribution in [0.5, 0.6) is 0 Å². The van der Waals surface area contributed by atoms with Gasteiger partial charge in [-0.05, 0) is 0 Å². The first-order valence-corrected chi connectivity index (χ1v) is 0. The average molecular weight is 815 g/mol. The van der Waals surface area contributed by atoms with Gasteiger partial charge in [0, 0.05) is 63.2 Å². The van der Waals surface area contributed by atoms with Gasteiger partial charge in [0.05, 0.1) is 0 Å². The van der Waals surface area contributed by atoms with Gasteiger partial charge in [0.15, 0.2) is 0 Å². The fraction of sp³-hybridized carbons (Fsp3) is 0. The number of hydrogen-bond donors (Lipinski definition) is 0. The predicted molar refractivity (Wildman–Crippen MR) is 11.5 cm³/mol. The van der Waals surface area contributed by atoms with E-state index in [0.29, 0.717) is 0 Å². The van der Waals surface area contributed by atoms with Gasteiger partial charge >= 0.3 is 49.5 Å². The first kappa shape index (κ1) is 80.0. The van der Waals surface area contributed by atoms with Crippen molar-refractivity contribution in [1.29, 1.82) is 0 Å². The Morgan fingerprint density at radius 2 is 0.375 bits per heavy atom. The Bertz CT molecular complexity index is 12.5. The third-order valence-electron chi connectivity index (χ3n) is 0. The molecule has 0 heterocycles. The molecule has 0 fully saturated rings. The molecule has 0 bridgehead atoms. The van der Waals surface area contributed by atoms with E-state index in [0.717, 1.165) is 0 Å². The van der Waals surface area contributed by atoms with Crippen molar-refractivity contribution < 1.29 is 113 Å². The van der Waals surface area contributed by atoms with Crippen LogP contribution < -0.4 is 0 Å².